The summed E-state index contributed by atoms with van der Waals surface area (Å²) < 4.78 is 43.0. The number of fused-ring (bicyclic) bond motifs is 1. The van der Waals surface area contributed by atoms with Crippen molar-refractivity contribution in [1.29, 1.82) is 0 Å². The summed E-state index contributed by atoms with van der Waals surface area (Å²) in [6.07, 6.45) is -4.42. The average Bonchev–Trinajstić information content (AvgIpc) is 3.34. The molecule has 0 fully saturated rings. The third-order valence-electron chi connectivity index (χ3n) is 6.58. The molecule has 0 saturated heterocycles. The second-order valence-electron chi connectivity index (χ2n) is 9.48. The van der Waals surface area contributed by atoms with Gasteiger partial charge in [0.05, 0.1) is 35.2 Å². The van der Waals surface area contributed by atoms with Crippen molar-refractivity contribution in [1.82, 2.24) is 10.3 Å². The summed E-state index contributed by atoms with van der Waals surface area (Å²) >= 11 is 0. The van der Waals surface area contributed by atoms with E-state index in [1.165, 1.54) is 19.2 Å². The molecule has 4 N–H and O–H groups in total. The Kier molecular flexibility index (Phi) is 8.15. The van der Waals surface area contributed by atoms with E-state index in [9.17, 15) is 27.9 Å². The van der Waals surface area contributed by atoms with Crippen LogP contribution in [0.4, 0.5) is 29.3 Å². The van der Waals surface area contributed by atoms with Crippen molar-refractivity contribution in [2.24, 2.45) is 4.99 Å². The first kappa shape index (κ1) is 28.9. The van der Waals surface area contributed by atoms with Crippen LogP contribution in [-0.2, 0) is 17.5 Å². The molecule has 0 radical (unpaired) electrons. The number of carbonyl (C=O) groups is 2. The lowest BCUT2D eigenvalue weighted by Crippen LogP contribution is -2.28. The molecule has 5 aromatic rings. The Balaban J connectivity index is 1.35. The van der Waals surface area contributed by atoms with E-state index in [0.29, 0.717) is 44.7 Å². The van der Waals surface area contributed by atoms with E-state index in [1.54, 1.807) is 42.5 Å². The predicted octanol–water partition coefficient (Wildman–Crippen LogP) is 7.17. The number of hydrogen-bond donors (Lipinski definition) is 4. The summed E-state index contributed by atoms with van der Waals surface area (Å²) in [4.78, 5) is 32.1. The largest absolute Gasteiger partial charge is 0.494 e. The normalized spacial score (nSPS) is 11.8. The number of nitrogens with zero attached hydrogens (tertiary/aromatic N) is 1. The highest BCUT2D eigenvalue weighted by atomic mass is 19.4. The van der Waals surface area contributed by atoms with Crippen LogP contribution < -0.4 is 10.6 Å². The first-order valence-electron chi connectivity index (χ1n) is 13.0. The third kappa shape index (κ3) is 6.67. The number of urea groups is 1. The van der Waals surface area contributed by atoms with Crippen LogP contribution in [-0.4, -0.2) is 34.9 Å². The maximum absolute atomic E-state index is 12.7. The number of methoxy groups -OCH3 is 1. The summed E-state index contributed by atoms with van der Waals surface area (Å²) in [6.45, 7) is 0.0437. The topological polar surface area (TPSA) is 116 Å². The highest BCUT2D eigenvalue weighted by Crippen LogP contribution is 2.33. The van der Waals surface area contributed by atoms with Gasteiger partial charge in [0.15, 0.2) is 5.88 Å². The second-order valence-corrected chi connectivity index (χ2v) is 9.48. The summed E-state index contributed by atoms with van der Waals surface area (Å²) in [7, 11) is 1.29. The van der Waals surface area contributed by atoms with Crippen molar-refractivity contribution < 1.29 is 32.6 Å². The van der Waals surface area contributed by atoms with Gasteiger partial charge in [0.1, 0.15) is 0 Å². The second kappa shape index (κ2) is 12.1. The number of ether oxygens (including phenoxy) is 1. The zero-order valence-corrected chi connectivity index (χ0v) is 22.7. The molecule has 0 aliphatic carbocycles. The summed E-state index contributed by atoms with van der Waals surface area (Å²) in [6, 6.07) is 24.9. The highest BCUT2D eigenvalue weighted by Gasteiger charge is 2.30. The predicted molar refractivity (Wildman–Crippen MR) is 157 cm³/mol. The fourth-order valence-electron chi connectivity index (χ4n) is 4.45. The van der Waals surface area contributed by atoms with Crippen LogP contribution in [0.25, 0.3) is 10.9 Å². The number of H-pyrrole nitrogens is 1. The molecule has 4 aromatic carbocycles. The van der Waals surface area contributed by atoms with Crippen molar-refractivity contribution in [3.05, 3.63) is 125 Å². The number of alkyl halides is 3. The minimum atomic E-state index is -4.42. The molecule has 2 amide bonds. The van der Waals surface area contributed by atoms with E-state index in [2.05, 4.69) is 15.6 Å². The number of aromatic nitrogens is 1. The summed E-state index contributed by atoms with van der Waals surface area (Å²) in [5, 5.41) is 16.8. The SMILES string of the molecule is COC(=O)c1ccc2c(C(=Nc3ccc(NC(=O)NCc4ccc(C(F)(F)F)cc4)cc3)c3ccccc3)c(O)[nH]c2c1. The monoisotopic (exact) mass is 586 g/mol. The van der Waals surface area contributed by atoms with Gasteiger partial charge in [-0.3, -0.25) is 0 Å². The molecule has 11 heteroatoms. The van der Waals surface area contributed by atoms with Crippen LogP contribution in [0.5, 0.6) is 5.88 Å². The minimum Gasteiger partial charge on any atom is -0.494 e. The molecule has 0 unspecified atom stereocenters. The molecule has 0 saturated carbocycles. The molecule has 0 aliphatic heterocycles. The number of halogens is 3. The molecular weight excluding hydrogens is 561 g/mol. The van der Waals surface area contributed by atoms with Gasteiger partial charge in [0, 0.05) is 28.7 Å². The first-order chi connectivity index (χ1) is 20.6. The minimum absolute atomic E-state index is 0.0437. The Hall–Kier alpha value is -5.58. The Morgan fingerprint density at radius 3 is 2.26 bits per heavy atom. The van der Waals surface area contributed by atoms with Gasteiger partial charge in [-0.15, -0.1) is 0 Å². The number of amides is 2. The number of aromatic amines is 1. The third-order valence-corrected chi connectivity index (χ3v) is 6.58. The van der Waals surface area contributed by atoms with Gasteiger partial charge in [-0.2, -0.15) is 13.2 Å². The van der Waals surface area contributed by atoms with Crippen molar-refractivity contribution in [2.45, 2.75) is 12.7 Å². The fourth-order valence-corrected chi connectivity index (χ4v) is 4.45. The number of carbonyl (C=O) groups excluding carboxylic acids is 2. The molecule has 1 aromatic heterocycles. The Labute approximate surface area is 243 Å². The fraction of sp³-hybridized carbons (Fsp3) is 0.0938. The Bertz CT molecular complexity index is 1800. The number of esters is 1. The van der Waals surface area contributed by atoms with Crippen LogP contribution in [0.2, 0.25) is 0 Å². The van der Waals surface area contributed by atoms with Crippen LogP contribution in [0.3, 0.4) is 0 Å². The van der Waals surface area contributed by atoms with Crippen molar-refractivity contribution in [2.75, 3.05) is 12.4 Å². The van der Waals surface area contributed by atoms with E-state index >= 15 is 0 Å². The van der Waals surface area contributed by atoms with Crippen molar-refractivity contribution in [3.63, 3.8) is 0 Å². The van der Waals surface area contributed by atoms with E-state index in [1.807, 2.05) is 30.3 Å². The highest BCUT2D eigenvalue weighted by molar-refractivity contribution is 6.22. The number of benzene rings is 4. The van der Waals surface area contributed by atoms with Crippen LogP contribution in [0.1, 0.15) is 32.6 Å². The lowest BCUT2D eigenvalue weighted by atomic mass is 10.00. The smallest absolute Gasteiger partial charge is 0.416 e. The summed E-state index contributed by atoms with van der Waals surface area (Å²) in [5.74, 6) is -0.626. The molecular formula is C32H25F3N4O4. The number of hydrogen-bond acceptors (Lipinski definition) is 5. The van der Waals surface area contributed by atoms with Gasteiger partial charge < -0.3 is 25.5 Å². The zero-order chi connectivity index (χ0) is 30.6. The standard InChI is InChI=1S/C32H25F3N4O4/c1-43-30(41)21-9-16-25-26(17-21)39-29(40)27(25)28(20-5-3-2-4-6-20)37-23-12-14-24(15-13-23)38-31(42)36-18-19-7-10-22(11-8-19)32(33,34)35/h2-17,39-40H,18H2,1H3,(H2,36,38,42). The number of aromatic hydroxyl groups is 1. The first-order valence-corrected chi connectivity index (χ1v) is 13.0. The van der Waals surface area contributed by atoms with Crippen molar-refractivity contribution in [3.8, 4) is 5.88 Å². The number of anilines is 1. The van der Waals surface area contributed by atoms with E-state index < -0.39 is 23.7 Å². The molecule has 5 rings (SSSR count). The van der Waals surface area contributed by atoms with Gasteiger partial charge in [-0.25, -0.2) is 14.6 Å². The van der Waals surface area contributed by atoms with E-state index in [-0.39, 0.29) is 12.4 Å². The zero-order valence-electron chi connectivity index (χ0n) is 22.7. The summed E-state index contributed by atoms with van der Waals surface area (Å²) in [5.41, 5.74) is 3.28. The lowest BCUT2D eigenvalue weighted by molar-refractivity contribution is -0.137. The lowest BCUT2D eigenvalue weighted by Gasteiger charge is -2.10. The molecule has 0 atom stereocenters. The van der Waals surface area contributed by atoms with Gasteiger partial charge in [0.2, 0.25) is 0 Å². The van der Waals surface area contributed by atoms with Gasteiger partial charge >= 0.3 is 18.2 Å². The molecule has 0 bridgehead atoms. The molecule has 0 spiro atoms. The quantitative estimate of drug-likeness (QED) is 0.120. The number of rotatable bonds is 7. The van der Waals surface area contributed by atoms with Crippen LogP contribution in [0, 0.1) is 0 Å². The maximum atomic E-state index is 12.7. The molecule has 218 valence electrons. The average molecular weight is 587 g/mol. The molecule has 43 heavy (non-hydrogen) atoms. The maximum Gasteiger partial charge on any atom is 0.416 e. The van der Waals surface area contributed by atoms with Crippen LogP contribution in [0.15, 0.2) is 102 Å². The van der Waals surface area contributed by atoms with Crippen molar-refractivity contribution >= 4 is 40.0 Å². The van der Waals surface area contributed by atoms with E-state index in [4.69, 9.17) is 9.73 Å². The molecule has 1 heterocycles. The van der Waals surface area contributed by atoms with Gasteiger partial charge in [-0.05, 0) is 54.1 Å². The van der Waals surface area contributed by atoms with E-state index in [0.717, 1.165) is 17.7 Å². The van der Waals surface area contributed by atoms with Crippen LogP contribution >= 0.6 is 0 Å². The number of aliphatic imine (C=N–C) groups is 1. The molecule has 8 nitrogen and oxygen atoms in total. The number of nitrogens with one attached hydrogen (secondary N) is 3. The van der Waals surface area contributed by atoms with Gasteiger partial charge in [-0.1, -0.05) is 48.5 Å². The Morgan fingerprint density at radius 1 is 0.907 bits per heavy atom. The van der Waals surface area contributed by atoms with Gasteiger partial charge in [0.25, 0.3) is 0 Å². The Morgan fingerprint density at radius 2 is 1.60 bits per heavy atom. The molecule has 0 aliphatic rings.